The second-order valence-corrected chi connectivity index (χ2v) is 7.46. The Balaban J connectivity index is 1.80. The maximum atomic E-state index is 14.4. The minimum Gasteiger partial charge on any atom is -0.399 e. The maximum absolute atomic E-state index is 14.4. The van der Waals surface area contributed by atoms with Crippen LogP contribution in [0.3, 0.4) is 0 Å². The zero-order valence-electron chi connectivity index (χ0n) is 14.4. The highest BCUT2D eigenvalue weighted by molar-refractivity contribution is 6.62. The number of rotatable bonds is 2. The molecule has 3 rings (SSSR count). The molecule has 2 saturated heterocycles. The van der Waals surface area contributed by atoms with E-state index in [9.17, 15) is 13.6 Å². The van der Waals surface area contributed by atoms with E-state index < -0.39 is 36.2 Å². The van der Waals surface area contributed by atoms with Crippen LogP contribution in [-0.4, -0.2) is 48.4 Å². The lowest BCUT2D eigenvalue weighted by atomic mass is 9.78. The molecular formula is C17H22BF2NO3. The zero-order chi connectivity index (χ0) is 17.7. The van der Waals surface area contributed by atoms with Gasteiger partial charge in [0, 0.05) is 6.54 Å². The van der Waals surface area contributed by atoms with Crippen LogP contribution in [-0.2, 0) is 9.31 Å². The molecule has 24 heavy (non-hydrogen) atoms. The zero-order valence-corrected chi connectivity index (χ0v) is 14.4. The third kappa shape index (κ3) is 2.95. The number of carbonyl (C=O) groups excluding carboxylic acids is 1. The standard InChI is InChI=1S/C17H22BF2NO3/c1-16(2)17(3,4)24-18(23-16)11-5-6-13(14(20)9-11)15(22)21-8-7-12(19)10-21/h5-6,9,12H,7-8,10H2,1-4H3/t12-/m0/s1. The normalized spacial score (nSPS) is 25.3. The quantitative estimate of drug-likeness (QED) is 0.778. The van der Waals surface area contributed by atoms with Crippen LogP contribution in [0, 0.1) is 5.82 Å². The van der Waals surface area contributed by atoms with Gasteiger partial charge in [-0.1, -0.05) is 6.07 Å². The number of nitrogens with zero attached hydrogens (tertiary/aromatic N) is 1. The average Bonchev–Trinajstić information content (AvgIpc) is 3.00. The lowest BCUT2D eigenvalue weighted by Crippen LogP contribution is -2.41. The number of amides is 1. The van der Waals surface area contributed by atoms with Crippen LogP contribution in [0.1, 0.15) is 44.5 Å². The number of alkyl halides is 1. The number of likely N-dealkylation sites (tertiary alicyclic amines) is 1. The van der Waals surface area contributed by atoms with Gasteiger partial charge >= 0.3 is 7.12 Å². The lowest BCUT2D eigenvalue weighted by Gasteiger charge is -2.32. The molecule has 4 nitrogen and oxygen atoms in total. The van der Waals surface area contributed by atoms with Crippen LogP contribution in [0.15, 0.2) is 18.2 Å². The van der Waals surface area contributed by atoms with E-state index in [0.29, 0.717) is 18.4 Å². The molecule has 2 aliphatic rings. The van der Waals surface area contributed by atoms with E-state index in [-0.39, 0.29) is 12.1 Å². The summed E-state index contributed by atoms with van der Waals surface area (Å²) in [5, 5.41) is 0. The molecule has 0 aromatic heterocycles. The largest absolute Gasteiger partial charge is 0.494 e. The van der Waals surface area contributed by atoms with Gasteiger partial charge in [-0.15, -0.1) is 0 Å². The van der Waals surface area contributed by atoms with Crippen molar-refractivity contribution in [1.29, 1.82) is 0 Å². The molecule has 2 fully saturated rings. The summed E-state index contributed by atoms with van der Waals surface area (Å²) in [5.74, 6) is -1.12. The molecule has 2 aliphatic heterocycles. The fourth-order valence-electron chi connectivity index (χ4n) is 2.90. The maximum Gasteiger partial charge on any atom is 0.494 e. The summed E-state index contributed by atoms with van der Waals surface area (Å²) in [6, 6.07) is 4.31. The third-order valence-corrected chi connectivity index (χ3v) is 5.17. The van der Waals surface area contributed by atoms with Crippen molar-refractivity contribution in [2.45, 2.75) is 51.5 Å². The molecule has 1 atom stereocenters. The first-order chi connectivity index (χ1) is 11.1. The predicted octanol–water partition coefficient (Wildman–Crippen LogP) is 2.31. The van der Waals surface area contributed by atoms with E-state index in [1.165, 1.54) is 17.0 Å². The first-order valence-electron chi connectivity index (χ1n) is 8.19. The van der Waals surface area contributed by atoms with Gasteiger partial charge in [-0.05, 0) is 51.7 Å². The van der Waals surface area contributed by atoms with Gasteiger partial charge in [-0.25, -0.2) is 8.78 Å². The minimum atomic E-state index is -1.03. The molecule has 0 spiro atoms. The Morgan fingerprint density at radius 3 is 2.38 bits per heavy atom. The predicted molar refractivity (Wildman–Crippen MR) is 87.5 cm³/mol. The van der Waals surface area contributed by atoms with E-state index in [1.807, 2.05) is 27.7 Å². The Labute approximate surface area is 141 Å². The SMILES string of the molecule is CC1(C)OB(c2ccc(C(=O)N3CC[C@H](F)C3)c(F)c2)OC1(C)C. The molecule has 1 amide bonds. The van der Waals surface area contributed by atoms with E-state index in [1.54, 1.807) is 6.07 Å². The highest BCUT2D eigenvalue weighted by Gasteiger charge is 2.51. The second-order valence-electron chi connectivity index (χ2n) is 7.46. The van der Waals surface area contributed by atoms with Crippen molar-refractivity contribution in [2.24, 2.45) is 0 Å². The summed E-state index contributed by atoms with van der Waals surface area (Å²) in [5.41, 5.74) is -0.570. The lowest BCUT2D eigenvalue weighted by molar-refractivity contribution is 0.00578. The Bertz CT molecular complexity index is 649. The highest BCUT2D eigenvalue weighted by atomic mass is 19.1. The molecule has 0 bridgehead atoms. The van der Waals surface area contributed by atoms with Crippen molar-refractivity contribution in [3.63, 3.8) is 0 Å². The first-order valence-corrected chi connectivity index (χ1v) is 8.19. The van der Waals surface area contributed by atoms with Crippen molar-refractivity contribution >= 4 is 18.5 Å². The fraction of sp³-hybridized carbons (Fsp3) is 0.588. The van der Waals surface area contributed by atoms with Gasteiger partial charge in [-0.3, -0.25) is 4.79 Å². The van der Waals surface area contributed by atoms with Crippen LogP contribution in [0.2, 0.25) is 0 Å². The van der Waals surface area contributed by atoms with E-state index >= 15 is 0 Å². The Kier molecular flexibility index (Phi) is 4.20. The number of halogens is 2. The van der Waals surface area contributed by atoms with Gasteiger partial charge in [0.2, 0.25) is 0 Å². The van der Waals surface area contributed by atoms with Gasteiger partial charge in [0.25, 0.3) is 5.91 Å². The Morgan fingerprint density at radius 1 is 1.25 bits per heavy atom. The van der Waals surface area contributed by atoms with E-state index in [0.717, 1.165) is 0 Å². The fourth-order valence-corrected chi connectivity index (χ4v) is 2.90. The van der Waals surface area contributed by atoms with E-state index in [2.05, 4.69) is 0 Å². The van der Waals surface area contributed by atoms with Crippen molar-refractivity contribution in [2.75, 3.05) is 13.1 Å². The van der Waals surface area contributed by atoms with Gasteiger partial charge in [0.05, 0.1) is 23.3 Å². The molecule has 0 N–H and O–H groups in total. The molecule has 1 aromatic carbocycles. The van der Waals surface area contributed by atoms with Crippen LogP contribution >= 0.6 is 0 Å². The van der Waals surface area contributed by atoms with Gasteiger partial charge in [-0.2, -0.15) is 0 Å². The summed E-state index contributed by atoms with van der Waals surface area (Å²) in [6.45, 7) is 8.02. The second kappa shape index (κ2) is 5.81. The smallest absolute Gasteiger partial charge is 0.399 e. The van der Waals surface area contributed by atoms with Crippen LogP contribution in [0.25, 0.3) is 0 Å². The van der Waals surface area contributed by atoms with Crippen LogP contribution in [0.4, 0.5) is 8.78 Å². The van der Waals surface area contributed by atoms with Crippen molar-refractivity contribution in [1.82, 2.24) is 4.90 Å². The molecule has 2 heterocycles. The van der Waals surface area contributed by atoms with Gasteiger partial charge in [0.1, 0.15) is 12.0 Å². The Hall–Kier alpha value is -1.47. The third-order valence-electron chi connectivity index (χ3n) is 5.17. The summed E-state index contributed by atoms with van der Waals surface area (Å²) >= 11 is 0. The number of hydrogen-bond acceptors (Lipinski definition) is 3. The number of benzene rings is 1. The molecule has 0 aliphatic carbocycles. The van der Waals surface area contributed by atoms with Crippen molar-refractivity contribution in [3.05, 3.63) is 29.6 Å². The number of carbonyl (C=O) groups is 1. The highest BCUT2D eigenvalue weighted by Crippen LogP contribution is 2.36. The van der Waals surface area contributed by atoms with Gasteiger partial charge in [0.15, 0.2) is 0 Å². The molecule has 0 saturated carbocycles. The van der Waals surface area contributed by atoms with Crippen molar-refractivity contribution < 1.29 is 22.9 Å². The summed E-state index contributed by atoms with van der Waals surface area (Å²) in [6.07, 6.45) is -0.722. The molecule has 7 heteroatoms. The summed E-state index contributed by atoms with van der Waals surface area (Å²) < 4.78 is 39.5. The average molecular weight is 337 g/mol. The van der Waals surface area contributed by atoms with Crippen LogP contribution in [0.5, 0.6) is 0 Å². The minimum absolute atomic E-state index is 0.0251. The molecule has 0 radical (unpaired) electrons. The summed E-state index contributed by atoms with van der Waals surface area (Å²) in [7, 11) is -0.685. The Morgan fingerprint density at radius 2 is 1.88 bits per heavy atom. The van der Waals surface area contributed by atoms with Crippen molar-refractivity contribution in [3.8, 4) is 0 Å². The monoisotopic (exact) mass is 337 g/mol. The van der Waals surface area contributed by atoms with Gasteiger partial charge < -0.3 is 14.2 Å². The number of hydrogen-bond donors (Lipinski definition) is 0. The molecular weight excluding hydrogens is 315 g/mol. The first kappa shape index (κ1) is 17.4. The van der Waals surface area contributed by atoms with Crippen LogP contribution < -0.4 is 5.46 Å². The molecule has 130 valence electrons. The molecule has 0 unspecified atom stereocenters. The molecule has 1 aromatic rings. The van der Waals surface area contributed by atoms with E-state index in [4.69, 9.17) is 9.31 Å². The summed E-state index contributed by atoms with van der Waals surface area (Å²) in [4.78, 5) is 13.7. The topological polar surface area (TPSA) is 38.8 Å².